The van der Waals surface area contributed by atoms with Crippen molar-refractivity contribution in [2.75, 3.05) is 0 Å². The summed E-state index contributed by atoms with van der Waals surface area (Å²) in [5.74, 6) is -5.43. The summed E-state index contributed by atoms with van der Waals surface area (Å²) in [7, 11) is 0. The lowest BCUT2D eigenvalue weighted by atomic mass is 10.0. The molecule has 0 bridgehead atoms. The van der Waals surface area contributed by atoms with Gasteiger partial charge in [-0.05, 0) is 12.8 Å². The second-order valence-electron chi connectivity index (χ2n) is 3.65. The number of aliphatic carboxylic acids is 1. The van der Waals surface area contributed by atoms with Gasteiger partial charge in [0.25, 0.3) is 5.92 Å². The van der Waals surface area contributed by atoms with E-state index in [0.29, 0.717) is 0 Å². The van der Waals surface area contributed by atoms with Crippen LogP contribution in [0.5, 0.6) is 0 Å². The van der Waals surface area contributed by atoms with E-state index in [-0.39, 0.29) is 18.9 Å². The van der Waals surface area contributed by atoms with Crippen LogP contribution in [-0.4, -0.2) is 23.0 Å². The lowest BCUT2D eigenvalue weighted by molar-refractivity contribution is -0.147. The van der Waals surface area contributed by atoms with E-state index in [1.807, 2.05) is 0 Å². The van der Waals surface area contributed by atoms with Crippen LogP contribution in [0.4, 0.5) is 8.78 Å². The van der Waals surface area contributed by atoms with Gasteiger partial charge in [-0.25, -0.2) is 8.78 Å². The standard InChI is InChI=1S/C7H9F2NO2/c8-7(9)4-1-3(10)2-6(4,7)5(11)12/h3-4H,1-2,10H2,(H,11,12)/t3-,4?,6+/m1/s1. The number of rotatable bonds is 1. The highest BCUT2D eigenvalue weighted by molar-refractivity contribution is 5.82. The number of hydrogen-bond acceptors (Lipinski definition) is 2. The van der Waals surface area contributed by atoms with Gasteiger partial charge in [-0.2, -0.15) is 0 Å². The number of fused-ring (bicyclic) bond motifs is 1. The van der Waals surface area contributed by atoms with Crippen molar-refractivity contribution in [1.29, 1.82) is 0 Å². The molecular formula is C7H9F2NO2. The van der Waals surface area contributed by atoms with Gasteiger partial charge in [0.2, 0.25) is 0 Å². The Balaban J connectivity index is 2.31. The first-order valence-corrected chi connectivity index (χ1v) is 3.79. The molecule has 12 heavy (non-hydrogen) atoms. The average Bonchev–Trinajstić information content (AvgIpc) is 2.34. The quantitative estimate of drug-likeness (QED) is 0.611. The second-order valence-corrected chi connectivity index (χ2v) is 3.65. The minimum atomic E-state index is -3.02. The summed E-state index contributed by atoms with van der Waals surface area (Å²) >= 11 is 0. The lowest BCUT2D eigenvalue weighted by Gasteiger charge is -2.12. The van der Waals surface area contributed by atoms with E-state index < -0.39 is 23.2 Å². The van der Waals surface area contributed by atoms with Crippen LogP contribution in [-0.2, 0) is 4.79 Å². The van der Waals surface area contributed by atoms with Crippen molar-refractivity contribution in [2.24, 2.45) is 17.1 Å². The maximum absolute atomic E-state index is 12.9. The zero-order valence-electron chi connectivity index (χ0n) is 6.26. The molecule has 0 radical (unpaired) electrons. The number of hydrogen-bond donors (Lipinski definition) is 2. The molecule has 2 aliphatic carbocycles. The van der Waals surface area contributed by atoms with Crippen LogP contribution >= 0.6 is 0 Å². The Morgan fingerprint density at radius 2 is 2.17 bits per heavy atom. The molecule has 2 rings (SSSR count). The first-order valence-electron chi connectivity index (χ1n) is 3.79. The Labute approximate surface area is 67.5 Å². The van der Waals surface area contributed by atoms with Crippen molar-refractivity contribution in [3.8, 4) is 0 Å². The van der Waals surface area contributed by atoms with Crippen LogP contribution in [0.3, 0.4) is 0 Å². The maximum Gasteiger partial charge on any atom is 0.316 e. The number of carboxylic acids is 1. The highest BCUT2D eigenvalue weighted by atomic mass is 19.3. The summed E-state index contributed by atoms with van der Waals surface area (Å²) in [6.07, 6.45) is 0.0549. The molecule has 0 aliphatic heterocycles. The van der Waals surface area contributed by atoms with Gasteiger partial charge in [0, 0.05) is 12.0 Å². The molecule has 1 unspecified atom stereocenters. The van der Waals surface area contributed by atoms with E-state index in [1.165, 1.54) is 0 Å². The lowest BCUT2D eigenvalue weighted by Crippen LogP contribution is -2.29. The third-order valence-corrected chi connectivity index (χ3v) is 3.05. The van der Waals surface area contributed by atoms with E-state index in [9.17, 15) is 13.6 Å². The molecule has 0 amide bonds. The molecule has 3 atom stereocenters. The van der Waals surface area contributed by atoms with E-state index in [2.05, 4.69) is 0 Å². The number of nitrogens with two attached hydrogens (primary N) is 1. The molecule has 0 spiro atoms. The number of carboxylic acid groups (broad SMARTS) is 1. The number of halogens is 2. The molecule has 0 aromatic heterocycles. The van der Waals surface area contributed by atoms with Gasteiger partial charge in [-0.1, -0.05) is 0 Å². The second kappa shape index (κ2) is 1.79. The summed E-state index contributed by atoms with van der Waals surface area (Å²) in [5.41, 5.74) is 3.59. The number of alkyl halides is 2. The third kappa shape index (κ3) is 0.576. The van der Waals surface area contributed by atoms with Crippen molar-refractivity contribution in [1.82, 2.24) is 0 Å². The van der Waals surface area contributed by atoms with Gasteiger partial charge in [0.05, 0.1) is 0 Å². The van der Waals surface area contributed by atoms with Crippen LogP contribution in [0.1, 0.15) is 12.8 Å². The molecule has 2 fully saturated rings. The molecule has 2 aliphatic rings. The molecule has 3 N–H and O–H groups in total. The maximum atomic E-state index is 12.9. The normalized spacial score (nSPS) is 48.6. The van der Waals surface area contributed by atoms with Gasteiger partial charge in [0.15, 0.2) is 0 Å². The number of carbonyl (C=O) groups is 1. The summed E-state index contributed by atoms with van der Waals surface area (Å²) in [4.78, 5) is 10.6. The molecule has 68 valence electrons. The molecular weight excluding hydrogens is 168 g/mol. The van der Waals surface area contributed by atoms with Crippen molar-refractivity contribution >= 4 is 5.97 Å². The zero-order valence-corrected chi connectivity index (χ0v) is 6.26. The minimum Gasteiger partial charge on any atom is -0.481 e. The van der Waals surface area contributed by atoms with Crippen LogP contribution in [0.2, 0.25) is 0 Å². The zero-order chi connectivity index (χ0) is 9.15. The van der Waals surface area contributed by atoms with Gasteiger partial charge in [-0.15, -0.1) is 0 Å². The Hall–Kier alpha value is -0.710. The van der Waals surface area contributed by atoms with Gasteiger partial charge in [-0.3, -0.25) is 4.79 Å². The highest BCUT2D eigenvalue weighted by Gasteiger charge is 2.87. The summed E-state index contributed by atoms with van der Waals surface area (Å²) in [6.45, 7) is 0. The van der Waals surface area contributed by atoms with Crippen LogP contribution in [0, 0.1) is 11.3 Å². The van der Waals surface area contributed by atoms with E-state index >= 15 is 0 Å². The Morgan fingerprint density at radius 3 is 2.50 bits per heavy atom. The first-order chi connectivity index (χ1) is 5.43. The van der Waals surface area contributed by atoms with Gasteiger partial charge >= 0.3 is 5.97 Å². The van der Waals surface area contributed by atoms with Crippen LogP contribution < -0.4 is 5.73 Å². The summed E-state index contributed by atoms with van der Waals surface area (Å²) in [6, 6.07) is -0.370. The molecule has 0 heterocycles. The fourth-order valence-electron chi connectivity index (χ4n) is 2.34. The van der Waals surface area contributed by atoms with Crippen molar-refractivity contribution in [3.05, 3.63) is 0 Å². The van der Waals surface area contributed by atoms with E-state index in [1.54, 1.807) is 0 Å². The van der Waals surface area contributed by atoms with Crippen molar-refractivity contribution in [2.45, 2.75) is 24.8 Å². The van der Waals surface area contributed by atoms with Gasteiger partial charge < -0.3 is 10.8 Å². The third-order valence-electron chi connectivity index (χ3n) is 3.05. The Morgan fingerprint density at radius 1 is 1.58 bits per heavy atom. The largest absolute Gasteiger partial charge is 0.481 e. The van der Waals surface area contributed by atoms with E-state index in [0.717, 1.165) is 0 Å². The van der Waals surface area contributed by atoms with Crippen LogP contribution in [0.15, 0.2) is 0 Å². The molecule has 0 aromatic carbocycles. The predicted molar refractivity (Wildman–Crippen MR) is 35.7 cm³/mol. The fourth-order valence-corrected chi connectivity index (χ4v) is 2.34. The SMILES string of the molecule is N[C@@H]1CC2C(F)(F)[C@@]2(C(=O)O)C1. The molecule has 3 nitrogen and oxygen atoms in total. The van der Waals surface area contributed by atoms with E-state index in [4.69, 9.17) is 10.8 Å². The van der Waals surface area contributed by atoms with Crippen LogP contribution in [0.25, 0.3) is 0 Å². The monoisotopic (exact) mass is 177 g/mol. The first kappa shape index (κ1) is 7.91. The Kier molecular flexibility index (Phi) is 1.18. The topological polar surface area (TPSA) is 63.3 Å². The smallest absolute Gasteiger partial charge is 0.316 e. The minimum absolute atomic E-state index is 0.0833. The molecule has 2 saturated carbocycles. The Bertz CT molecular complexity index is 256. The molecule has 0 saturated heterocycles. The van der Waals surface area contributed by atoms with Crippen molar-refractivity contribution < 1.29 is 18.7 Å². The average molecular weight is 177 g/mol. The summed E-state index contributed by atoms with van der Waals surface area (Å²) in [5, 5.41) is 8.63. The predicted octanol–water partition coefficient (Wildman–Crippen LogP) is 0.444. The summed E-state index contributed by atoms with van der Waals surface area (Å²) < 4.78 is 25.8. The fraction of sp³-hybridized carbons (Fsp3) is 0.857. The molecule has 5 heteroatoms. The van der Waals surface area contributed by atoms with Crippen molar-refractivity contribution in [3.63, 3.8) is 0 Å². The van der Waals surface area contributed by atoms with Gasteiger partial charge in [0.1, 0.15) is 5.41 Å². The molecule has 0 aromatic rings. The highest BCUT2D eigenvalue weighted by Crippen LogP contribution is 2.73.